The Bertz CT molecular complexity index is 2710. The number of carbonyl (C=O) groups is 5. The van der Waals surface area contributed by atoms with Crippen molar-refractivity contribution < 1.29 is 203 Å². The molecule has 5 amide bonds. The van der Waals surface area contributed by atoms with E-state index < -0.39 is 328 Å². The van der Waals surface area contributed by atoms with Crippen LogP contribution < -0.4 is 26.6 Å². The summed E-state index contributed by atoms with van der Waals surface area (Å²) in [6.07, 6.45) is -73.4. The maximum absolute atomic E-state index is 12.9. The molecule has 602 valence electrons. The van der Waals surface area contributed by atoms with Crippen LogP contribution in [0.5, 0.6) is 0 Å². The quantitative estimate of drug-likeness (QED) is 0.0306. The average molecular weight is 1520 g/mol. The zero-order valence-corrected chi connectivity index (χ0v) is 56.5. The van der Waals surface area contributed by atoms with Crippen LogP contribution in [-0.2, 0) is 90.3 Å². The van der Waals surface area contributed by atoms with Crippen LogP contribution in [-0.4, -0.2) is 440 Å². The van der Waals surface area contributed by atoms with Gasteiger partial charge >= 0.3 is 0 Å². The van der Waals surface area contributed by atoms with Gasteiger partial charge in [-0.3, -0.25) is 24.0 Å². The number of hydrogen-bond acceptors (Lipinski definition) is 41. The van der Waals surface area contributed by atoms with Crippen LogP contribution in [0.3, 0.4) is 0 Å². The smallest absolute Gasteiger partial charge is 0.217 e. The molecule has 46 heteroatoms. The molecule has 7 rings (SSSR count). The summed E-state index contributed by atoms with van der Waals surface area (Å²) in [5.41, 5.74) is 0. The summed E-state index contributed by atoms with van der Waals surface area (Å²) in [7, 11) is 0. The number of carbonyl (C=O) groups excluding carboxylic acids is 5. The maximum Gasteiger partial charge on any atom is 0.217 e. The Labute approximate surface area is 590 Å². The van der Waals surface area contributed by atoms with Crippen molar-refractivity contribution in [2.45, 2.75) is 274 Å². The van der Waals surface area contributed by atoms with Gasteiger partial charge in [-0.05, 0) is 0 Å². The molecule has 0 aromatic carbocycles. The Morgan fingerprint density at radius 3 is 1.01 bits per heavy atom. The second-order valence-electron chi connectivity index (χ2n) is 25.9. The lowest BCUT2D eigenvalue weighted by Gasteiger charge is -2.51. The summed E-state index contributed by atoms with van der Waals surface area (Å²) in [5, 5.41) is 256. The largest absolute Gasteiger partial charge is 0.394 e. The molecule has 0 spiro atoms. The van der Waals surface area contributed by atoms with Crippen molar-refractivity contribution in [3.8, 4) is 0 Å². The van der Waals surface area contributed by atoms with E-state index in [1.165, 1.54) is 0 Å². The second kappa shape index (κ2) is 39.0. The first-order valence-corrected chi connectivity index (χ1v) is 33.0. The van der Waals surface area contributed by atoms with Gasteiger partial charge in [-0.2, -0.15) is 0 Å². The van der Waals surface area contributed by atoms with Gasteiger partial charge in [0.1, 0.15) is 189 Å². The Kier molecular flexibility index (Phi) is 32.7. The topological polar surface area (TPSA) is 720 Å². The van der Waals surface area contributed by atoms with Crippen LogP contribution in [0.2, 0.25) is 0 Å². The lowest BCUT2D eigenvalue weighted by molar-refractivity contribution is -0.403. The van der Waals surface area contributed by atoms with Crippen molar-refractivity contribution in [3.63, 3.8) is 0 Å². The maximum atomic E-state index is 12.9. The molecule has 7 saturated heterocycles. The van der Waals surface area contributed by atoms with E-state index in [-0.39, 0.29) is 0 Å². The first-order chi connectivity index (χ1) is 49.1. The van der Waals surface area contributed by atoms with Gasteiger partial charge in [0.15, 0.2) is 44.0 Å². The van der Waals surface area contributed by atoms with E-state index in [1.54, 1.807) is 0 Å². The van der Waals surface area contributed by atoms with Gasteiger partial charge in [-0.25, -0.2) is 0 Å². The fourth-order valence-corrected chi connectivity index (χ4v) is 12.9. The molecule has 104 heavy (non-hydrogen) atoms. The van der Waals surface area contributed by atoms with Gasteiger partial charge in [0.25, 0.3) is 0 Å². The molecule has 27 N–H and O–H groups in total. The standard InChI is InChI=1S/C58H99N5O41/c1-15(71)59-20(6-64)33(77)47(21(76)7-65)100-56-46(90)49(102-58-51(44(88)38(82)26(12-70)97-58)104-55-32(63-19(5)75)43(87)37(81)25(11-69)96-55)48(101-53-30(61-17(3)73)41(85)35(79)23(9-67)94-53)28(99-56)14-92-57-50(103-54-31(62-18(4)74)42(86)36(80)24(10-68)95-54)45(89)39(83)27(98-57)13-91-52-29(60-16(2)72)40(84)34(78)22(8-66)93-52/h20-58,64-70,76-90H,6-14H2,1-5H3,(H,59,71)(H,60,72)(H,61,73)(H,62,74)(H,63,75)/t20-,21+,22+,23+,24+,25+,26+,27+,28+,29+,30+,31+,32+,33+,34+,35+,36+,37+,38+,39+,40+,41+,42+,43+,44-,45-,46-,47+,48+,49+,50-,51-,52+,53-,54-,55-,56-,57-,58+/m0/s1. The normalized spacial score (nSPS) is 44.0. The van der Waals surface area contributed by atoms with Crippen LogP contribution in [0, 0.1) is 0 Å². The molecular weight excluding hydrogens is 1420 g/mol. The SMILES string of the molecule is CC(=O)N[C@H]1[C@H](OC[C@H]2O[C@H](OC[C@H]3O[C@@H](O[C@@H]([C@H](O)[C@H](CO)NC(C)=O)[C@H](O)CO)[C@@H](O)[C@@H](O[C@H]4O[C@H](CO)[C@@H](O)[C@H](O)[C@@H]4O[C@@H]4O[C@H](CO)[C@@H](O)[C@H](O)[C@H]4NC(C)=O)[C@@H]3O[C@@H]3O[C@H](CO)[C@@H](O)[C@H](O)[C@H]3NC(C)=O)[C@@H](O[C@@H]3O[C@H](CO)[C@@H](O)[C@H](O)[C@H]3NC(C)=O)[C@@H](O)[C@@H]2O)O[C@H](CO)[C@@H](O)[C@@H]1O. The van der Waals surface area contributed by atoms with E-state index in [1.807, 2.05) is 0 Å². The highest BCUT2D eigenvalue weighted by atomic mass is 16.8. The molecule has 7 aliphatic rings. The first kappa shape index (κ1) is 87.1. The number of aliphatic hydroxyl groups is 22. The summed E-state index contributed by atoms with van der Waals surface area (Å²) >= 11 is 0. The minimum absolute atomic E-state index is 0.809. The summed E-state index contributed by atoms with van der Waals surface area (Å²) in [6, 6.07) is -9.09. The fraction of sp³-hybridized carbons (Fsp3) is 0.914. The Morgan fingerprint density at radius 2 is 0.635 bits per heavy atom. The fourth-order valence-electron chi connectivity index (χ4n) is 12.9. The predicted molar refractivity (Wildman–Crippen MR) is 325 cm³/mol. The van der Waals surface area contributed by atoms with E-state index >= 15 is 0 Å². The van der Waals surface area contributed by atoms with Crippen molar-refractivity contribution in [3.05, 3.63) is 0 Å². The van der Waals surface area contributed by atoms with Crippen LogP contribution in [0.15, 0.2) is 0 Å². The van der Waals surface area contributed by atoms with Crippen molar-refractivity contribution >= 4 is 29.5 Å². The van der Waals surface area contributed by atoms with E-state index in [0.29, 0.717) is 0 Å². The van der Waals surface area contributed by atoms with E-state index in [4.69, 9.17) is 66.3 Å². The first-order valence-electron chi connectivity index (χ1n) is 33.0. The molecule has 0 unspecified atom stereocenters. The number of hydrogen-bond donors (Lipinski definition) is 27. The Balaban J connectivity index is 1.42. The van der Waals surface area contributed by atoms with Crippen molar-refractivity contribution in [1.82, 2.24) is 26.6 Å². The zero-order chi connectivity index (χ0) is 77.2. The number of nitrogens with one attached hydrogen (secondary N) is 5. The second-order valence-corrected chi connectivity index (χ2v) is 25.9. The van der Waals surface area contributed by atoms with E-state index in [9.17, 15) is 136 Å². The Morgan fingerprint density at radius 1 is 0.327 bits per heavy atom. The highest BCUT2D eigenvalue weighted by Gasteiger charge is 2.60. The molecule has 46 nitrogen and oxygen atoms in total. The molecule has 39 atom stereocenters. The molecule has 7 fully saturated rings. The monoisotopic (exact) mass is 1520 g/mol. The number of ether oxygens (including phenoxy) is 14. The molecule has 0 aliphatic carbocycles. The Hall–Kier alpha value is -4.09. The van der Waals surface area contributed by atoms with Crippen molar-refractivity contribution in [2.24, 2.45) is 0 Å². The van der Waals surface area contributed by atoms with E-state index in [0.717, 1.165) is 34.6 Å². The number of rotatable bonds is 31. The number of aliphatic hydroxyl groups excluding tert-OH is 22. The molecular formula is C58H99N5O41. The highest BCUT2D eigenvalue weighted by Crippen LogP contribution is 2.39. The van der Waals surface area contributed by atoms with E-state index in [2.05, 4.69) is 26.6 Å². The van der Waals surface area contributed by atoms with Gasteiger partial charge in [-0.15, -0.1) is 0 Å². The van der Waals surface area contributed by atoms with Gasteiger partial charge in [-0.1, -0.05) is 0 Å². The predicted octanol–water partition coefficient (Wildman–Crippen LogP) is -18.1. The molecule has 0 aromatic rings. The highest BCUT2D eigenvalue weighted by molar-refractivity contribution is 5.75. The summed E-state index contributed by atoms with van der Waals surface area (Å²) in [4.78, 5) is 63.0. The van der Waals surface area contributed by atoms with Crippen LogP contribution in [0.4, 0.5) is 0 Å². The molecule has 0 radical (unpaired) electrons. The molecule has 0 saturated carbocycles. The average Bonchev–Trinajstić information content (AvgIpc) is 0.771. The van der Waals surface area contributed by atoms with Crippen molar-refractivity contribution in [1.29, 1.82) is 0 Å². The van der Waals surface area contributed by atoms with Gasteiger partial charge in [0, 0.05) is 34.6 Å². The summed E-state index contributed by atoms with van der Waals surface area (Å²) in [5.74, 6) is -4.47. The lowest BCUT2D eigenvalue weighted by atomic mass is 9.94. The van der Waals surface area contributed by atoms with Crippen molar-refractivity contribution in [2.75, 3.05) is 59.5 Å². The molecule has 0 bridgehead atoms. The summed E-state index contributed by atoms with van der Waals surface area (Å²) in [6.45, 7) is -5.35. The third-order valence-corrected chi connectivity index (χ3v) is 18.3. The van der Waals surface area contributed by atoms with Crippen LogP contribution in [0.25, 0.3) is 0 Å². The van der Waals surface area contributed by atoms with Gasteiger partial charge in [0.05, 0.1) is 65.5 Å². The third-order valence-electron chi connectivity index (χ3n) is 18.3. The number of amides is 5. The zero-order valence-electron chi connectivity index (χ0n) is 56.5. The van der Waals surface area contributed by atoms with Crippen LogP contribution in [0.1, 0.15) is 34.6 Å². The van der Waals surface area contributed by atoms with Gasteiger partial charge in [0.2, 0.25) is 29.5 Å². The van der Waals surface area contributed by atoms with Gasteiger partial charge < -0.3 is 205 Å². The van der Waals surface area contributed by atoms with Crippen LogP contribution >= 0.6 is 0 Å². The lowest BCUT2D eigenvalue weighted by Crippen LogP contribution is -2.70. The summed E-state index contributed by atoms with van der Waals surface area (Å²) < 4.78 is 85.2. The molecule has 7 heterocycles. The minimum atomic E-state index is -2.68. The third kappa shape index (κ3) is 20.5. The minimum Gasteiger partial charge on any atom is -0.394 e. The molecule has 7 aliphatic heterocycles. The molecule has 0 aromatic heterocycles.